The third-order valence-electron chi connectivity index (χ3n) is 1.84. The minimum Gasteiger partial charge on any atom is -0.443 e. The van der Waals surface area contributed by atoms with Crippen molar-refractivity contribution < 1.29 is 4.74 Å². The van der Waals surface area contributed by atoms with Crippen LogP contribution in [0.1, 0.15) is 6.42 Å². The van der Waals surface area contributed by atoms with Gasteiger partial charge in [0.1, 0.15) is 5.76 Å². The molecule has 0 amide bonds. The number of likely N-dealkylation sites (N-methyl/N-ethyl adjacent to an activating group) is 1. The summed E-state index contributed by atoms with van der Waals surface area (Å²) < 4.78 is 5.35. The summed E-state index contributed by atoms with van der Waals surface area (Å²) in [7, 11) is 1.96. The molecule has 0 saturated heterocycles. The summed E-state index contributed by atoms with van der Waals surface area (Å²) in [5.74, 6) is 1.77. The molecule has 2 heteroatoms. The van der Waals surface area contributed by atoms with Gasteiger partial charge in [0.25, 0.3) is 0 Å². The van der Waals surface area contributed by atoms with Gasteiger partial charge in [-0.25, -0.2) is 0 Å². The van der Waals surface area contributed by atoms with Gasteiger partial charge in [0.2, 0.25) is 0 Å². The fourth-order valence-corrected chi connectivity index (χ4v) is 1.21. The van der Waals surface area contributed by atoms with Gasteiger partial charge in [0.15, 0.2) is 5.88 Å². The monoisotopic (exact) mass is 135 g/mol. The van der Waals surface area contributed by atoms with E-state index in [0.29, 0.717) is 0 Å². The lowest BCUT2D eigenvalue weighted by atomic mass is 10.4. The van der Waals surface area contributed by atoms with Gasteiger partial charge >= 0.3 is 0 Å². The molecular formula is C8H9NO. The predicted octanol–water partition coefficient (Wildman–Crippen LogP) is 1.59. The van der Waals surface area contributed by atoms with E-state index in [1.165, 1.54) is 0 Å². The molecular weight excluding hydrogens is 126 g/mol. The summed E-state index contributed by atoms with van der Waals surface area (Å²) in [5.41, 5.74) is 1.16. The van der Waals surface area contributed by atoms with Crippen molar-refractivity contribution in [2.45, 2.75) is 6.42 Å². The van der Waals surface area contributed by atoms with Crippen LogP contribution < -0.4 is 0 Å². The minimum atomic E-state index is 0.731. The molecule has 52 valence electrons. The fourth-order valence-electron chi connectivity index (χ4n) is 1.21. The molecule has 1 heterocycles. The average Bonchev–Trinajstić information content (AvgIpc) is 2.41. The second kappa shape index (κ2) is 1.66. The Morgan fingerprint density at radius 2 is 2.50 bits per heavy atom. The van der Waals surface area contributed by atoms with Crippen molar-refractivity contribution >= 4 is 0 Å². The predicted molar refractivity (Wildman–Crippen MR) is 38.8 cm³/mol. The Hall–Kier alpha value is -1.18. The number of allylic oxidation sites excluding steroid dienone is 2. The molecule has 0 saturated carbocycles. The molecule has 0 bridgehead atoms. The molecule has 2 rings (SSSR count). The number of nitrogens with zero attached hydrogens (tertiary/aromatic N) is 1. The van der Waals surface area contributed by atoms with Crippen LogP contribution in [0.3, 0.4) is 0 Å². The Bertz CT molecular complexity index is 250. The van der Waals surface area contributed by atoms with E-state index in [0.717, 1.165) is 23.8 Å². The molecule has 1 aliphatic carbocycles. The summed E-state index contributed by atoms with van der Waals surface area (Å²) in [4.78, 5) is 1.96. The molecule has 2 aliphatic rings. The molecule has 0 fully saturated rings. The Morgan fingerprint density at radius 1 is 1.70 bits per heavy atom. The van der Waals surface area contributed by atoms with Crippen LogP contribution in [-0.2, 0) is 4.74 Å². The molecule has 2 nitrogen and oxygen atoms in total. The van der Waals surface area contributed by atoms with Gasteiger partial charge in [-0.1, -0.05) is 6.08 Å². The first-order chi connectivity index (χ1) is 4.79. The molecule has 0 aromatic carbocycles. The summed E-state index contributed by atoms with van der Waals surface area (Å²) >= 11 is 0. The van der Waals surface area contributed by atoms with Gasteiger partial charge in [0.05, 0.1) is 5.70 Å². The molecule has 1 aliphatic heterocycles. The Labute approximate surface area is 60.1 Å². The van der Waals surface area contributed by atoms with E-state index in [1.54, 1.807) is 0 Å². The highest BCUT2D eigenvalue weighted by molar-refractivity contribution is 5.35. The van der Waals surface area contributed by atoms with Crippen LogP contribution in [0.5, 0.6) is 0 Å². The highest BCUT2D eigenvalue weighted by atomic mass is 16.5. The highest BCUT2D eigenvalue weighted by Gasteiger charge is 2.24. The third kappa shape index (κ3) is 0.533. The lowest BCUT2D eigenvalue weighted by molar-refractivity contribution is 0.263. The molecule has 0 aromatic heterocycles. The van der Waals surface area contributed by atoms with Crippen molar-refractivity contribution in [3.05, 3.63) is 36.1 Å². The smallest absolute Gasteiger partial charge is 0.192 e. The van der Waals surface area contributed by atoms with E-state index in [1.807, 2.05) is 11.9 Å². The van der Waals surface area contributed by atoms with Crippen LogP contribution in [-0.4, -0.2) is 11.9 Å². The quantitative estimate of drug-likeness (QED) is 0.500. The molecule has 0 N–H and O–H groups in total. The maximum atomic E-state index is 5.35. The number of rotatable bonds is 0. The van der Waals surface area contributed by atoms with Crippen molar-refractivity contribution in [1.29, 1.82) is 0 Å². The highest BCUT2D eigenvalue weighted by Crippen LogP contribution is 2.32. The Balaban J connectivity index is 2.37. The Kier molecular flexibility index (Phi) is 0.926. The van der Waals surface area contributed by atoms with E-state index in [2.05, 4.69) is 18.7 Å². The SMILES string of the molecule is C=C1OC2=C(C=CC2)N1C. The number of hydrogen-bond acceptors (Lipinski definition) is 2. The second-order valence-corrected chi connectivity index (χ2v) is 2.47. The summed E-state index contributed by atoms with van der Waals surface area (Å²) in [6, 6.07) is 0. The van der Waals surface area contributed by atoms with Gasteiger partial charge in [-0.05, 0) is 12.7 Å². The van der Waals surface area contributed by atoms with E-state index in [9.17, 15) is 0 Å². The van der Waals surface area contributed by atoms with Crippen LogP contribution in [0.4, 0.5) is 0 Å². The first kappa shape index (κ1) is 5.59. The van der Waals surface area contributed by atoms with Gasteiger partial charge in [-0.3, -0.25) is 0 Å². The van der Waals surface area contributed by atoms with E-state index >= 15 is 0 Å². The zero-order chi connectivity index (χ0) is 7.14. The van der Waals surface area contributed by atoms with Crippen molar-refractivity contribution in [2.75, 3.05) is 7.05 Å². The zero-order valence-corrected chi connectivity index (χ0v) is 5.92. The molecule has 0 unspecified atom stereocenters. The molecule has 0 spiro atoms. The van der Waals surface area contributed by atoms with Gasteiger partial charge in [-0.2, -0.15) is 0 Å². The number of ether oxygens (including phenoxy) is 1. The van der Waals surface area contributed by atoms with E-state index in [4.69, 9.17) is 4.74 Å². The first-order valence-corrected chi connectivity index (χ1v) is 3.29. The van der Waals surface area contributed by atoms with Crippen LogP contribution in [0.25, 0.3) is 0 Å². The molecule has 0 aromatic rings. The largest absolute Gasteiger partial charge is 0.443 e. The molecule has 10 heavy (non-hydrogen) atoms. The van der Waals surface area contributed by atoms with Crippen molar-refractivity contribution in [3.8, 4) is 0 Å². The topological polar surface area (TPSA) is 12.5 Å². The van der Waals surface area contributed by atoms with Gasteiger partial charge < -0.3 is 9.64 Å². The van der Waals surface area contributed by atoms with Crippen LogP contribution in [0, 0.1) is 0 Å². The van der Waals surface area contributed by atoms with Crippen LogP contribution in [0.15, 0.2) is 36.1 Å². The summed E-state index contributed by atoms with van der Waals surface area (Å²) in [6.45, 7) is 3.75. The first-order valence-electron chi connectivity index (χ1n) is 3.29. The van der Waals surface area contributed by atoms with Crippen molar-refractivity contribution in [1.82, 2.24) is 4.90 Å². The van der Waals surface area contributed by atoms with Crippen molar-refractivity contribution in [2.24, 2.45) is 0 Å². The molecule has 0 radical (unpaired) electrons. The third-order valence-corrected chi connectivity index (χ3v) is 1.84. The lowest BCUT2D eigenvalue weighted by Gasteiger charge is -2.10. The standard InChI is InChI=1S/C8H9NO/c1-6-9(2)7-4-3-5-8(7)10-6/h3-4H,1,5H2,2H3. The molecule has 0 atom stereocenters. The Morgan fingerprint density at radius 3 is 3.20 bits per heavy atom. The summed E-state index contributed by atoms with van der Waals surface area (Å²) in [5, 5.41) is 0. The van der Waals surface area contributed by atoms with Crippen molar-refractivity contribution in [3.63, 3.8) is 0 Å². The number of hydrogen-bond donors (Lipinski definition) is 0. The van der Waals surface area contributed by atoms with Gasteiger partial charge in [0, 0.05) is 13.5 Å². The maximum absolute atomic E-state index is 5.35. The maximum Gasteiger partial charge on any atom is 0.192 e. The lowest BCUT2D eigenvalue weighted by Crippen LogP contribution is -2.08. The van der Waals surface area contributed by atoms with Gasteiger partial charge in [-0.15, -0.1) is 0 Å². The fraction of sp³-hybridized carbons (Fsp3) is 0.250. The van der Waals surface area contributed by atoms with Crippen LogP contribution in [0.2, 0.25) is 0 Å². The van der Waals surface area contributed by atoms with Crippen LogP contribution >= 0.6 is 0 Å². The normalized spacial score (nSPS) is 22.1. The minimum absolute atomic E-state index is 0.731. The van der Waals surface area contributed by atoms with E-state index < -0.39 is 0 Å². The van der Waals surface area contributed by atoms with E-state index in [-0.39, 0.29) is 0 Å². The average molecular weight is 135 g/mol. The zero-order valence-electron chi connectivity index (χ0n) is 5.92. The summed E-state index contributed by atoms with van der Waals surface area (Å²) in [6.07, 6.45) is 5.07. The second-order valence-electron chi connectivity index (χ2n) is 2.47.